The summed E-state index contributed by atoms with van der Waals surface area (Å²) >= 11 is 0. The number of nitrogens with zero attached hydrogens (tertiary/aromatic N) is 1. The summed E-state index contributed by atoms with van der Waals surface area (Å²) in [6, 6.07) is 0. The average Bonchev–Trinajstić information content (AvgIpc) is 1.14. The Labute approximate surface area is 50.1 Å². The van der Waals surface area contributed by atoms with Gasteiger partial charge in [-0.25, -0.2) is 4.57 Å². The van der Waals surface area contributed by atoms with Crippen molar-refractivity contribution in [1.29, 1.82) is 0 Å². The normalized spacial score (nSPS) is 13.4. The molecule has 0 unspecified atom stereocenters. The highest BCUT2D eigenvalue weighted by Gasteiger charge is 2.17. The van der Waals surface area contributed by atoms with Crippen LogP contribution in [0, 0.1) is 0 Å². The number of hydrogen-bond donors (Lipinski definition) is 5. The lowest BCUT2D eigenvalue weighted by Gasteiger charge is -2.00. The van der Waals surface area contributed by atoms with Crippen molar-refractivity contribution >= 4 is 15.5 Å². The van der Waals surface area contributed by atoms with Gasteiger partial charge in [-0.05, 0) is 0 Å². The monoisotopic (exact) mass is 177 g/mol. The van der Waals surface area contributed by atoms with E-state index in [1.54, 1.807) is 0 Å². The van der Waals surface area contributed by atoms with Crippen LogP contribution in [0.1, 0.15) is 0 Å². The summed E-state index contributed by atoms with van der Waals surface area (Å²) < 4.78 is 11.7. The Balaban J connectivity index is 4.53. The van der Waals surface area contributed by atoms with Crippen LogP contribution in [0.15, 0.2) is 4.52 Å². The standard InChI is InChI=1S/H5NO6P2/c2-8(3,4)1-9(5,6)7/h2-4H,(H2,5,6,7). The molecule has 56 valence electrons. The maximum atomic E-state index is 9.72. The van der Waals surface area contributed by atoms with Gasteiger partial charge in [0.15, 0.2) is 0 Å². The first-order chi connectivity index (χ1) is 3.71. The molecule has 0 bridgehead atoms. The van der Waals surface area contributed by atoms with Crippen molar-refractivity contribution in [3.05, 3.63) is 0 Å². The van der Waals surface area contributed by atoms with Gasteiger partial charge in [-0.3, -0.25) is 0 Å². The molecule has 0 aromatic heterocycles. The van der Waals surface area contributed by atoms with Crippen LogP contribution in [0.3, 0.4) is 0 Å². The van der Waals surface area contributed by atoms with Gasteiger partial charge in [-0.2, -0.15) is 0 Å². The Hall–Kier alpha value is 0.260. The minimum Gasteiger partial charge on any atom is -0.318 e. The molecule has 0 spiro atoms. The van der Waals surface area contributed by atoms with Crippen LogP contribution in [0.25, 0.3) is 0 Å². The first kappa shape index (κ1) is 9.26. The Morgan fingerprint density at radius 1 is 1.00 bits per heavy atom. The van der Waals surface area contributed by atoms with Crippen molar-refractivity contribution in [2.24, 2.45) is 4.52 Å². The quantitative estimate of drug-likeness (QED) is 0.326. The summed E-state index contributed by atoms with van der Waals surface area (Å²) in [5.74, 6) is 0. The molecule has 0 aromatic rings. The summed E-state index contributed by atoms with van der Waals surface area (Å²) in [5, 5.41) is 0. The van der Waals surface area contributed by atoms with E-state index in [0.29, 0.717) is 0 Å². The molecule has 0 amide bonds. The van der Waals surface area contributed by atoms with E-state index < -0.39 is 15.5 Å². The molecule has 0 rings (SSSR count). The third kappa shape index (κ3) is 8.26. The second-order valence-corrected chi connectivity index (χ2v) is 3.95. The van der Waals surface area contributed by atoms with Gasteiger partial charge < -0.3 is 24.5 Å². The molecular formula is H5NO6P2. The Kier molecular flexibility index (Phi) is 2.55. The number of rotatable bonds is 1. The fraction of sp³-hybridized carbons (Fsp3) is 0. The van der Waals surface area contributed by atoms with Gasteiger partial charge in [0.25, 0.3) is 0 Å². The van der Waals surface area contributed by atoms with Crippen molar-refractivity contribution in [1.82, 2.24) is 0 Å². The lowest BCUT2D eigenvalue weighted by molar-refractivity contribution is 0.340. The zero-order valence-corrected chi connectivity index (χ0v) is 5.77. The third-order valence-electron chi connectivity index (χ3n) is 0.237. The first-order valence-corrected chi connectivity index (χ1v) is 4.75. The second-order valence-electron chi connectivity index (χ2n) is 1.14. The second kappa shape index (κ2) is 2.48. The van der Waals surface area contributed by atoms with Crippen LogP contribution in [0.4, 0.5) is 0 Å². The maximum absolute atomic E-state index is 9.72. The van der Waals surface area contributed by atoms with E-state index in [0.717, 1.165) is 0 Å². The Morgan fingerprint density at radius 3 is 1.33 bits per heavy atom. The summed E-state index contributed by atoms with van der Waals surface area (Å²) in [5.41, 5.74) is 0. The fourth-order valence-electron chi connectivity index (χ4n) is 0.156. The van der Waals surface area contributed by atoms with E-state index in [4.69, 9.17) is 24.5 Å². The van der Waals surface area contributed by atoms with Gasteiger partial charge in [0.2, 0.25) is 0 Å². The minimum absolute atomic E-state index is 1.99. The third-order valence-corrected chi connectivity index (χ3v) is 2.13. The van der Waals surface area contributed by atoms with Gasteiger partial charge in [0.1, 0.15) is 0 Å². The highest BCUT2D eigenvalue weighted by molar-refractivity contribution is 7.61. The van der Waals surface area contributed by atoms with E-state index in [1.165, 1.54) is 0 Å². The zero-order valence-electron chi connectivity index (χ0n) is 3.99. The van der Waals surface area contributed by atoms with Gasteiger partial charge in [0.05, 0.1) is 0 Å². The summed E-state index contributed by atoms with van der Waals surface area (Å²) in [4.78, 5) is 39.4. The minimum atomic E-state index is -4.86. The molecule has 7 nitrogen and oxygen atoms in total. The predicted octanol–water partition coefficient (Wildman–Crippen LogP) is -0.998. The summed E-state index contributed by atoms with van der Waals surface area (Å²) in [6.45, 7) is 0. The van der Waals surface area contributed by atoms with Crippen LogP contribution in [0.5, 0.6) is 0 Å². The lowest BCUT2D eigenvalue weighted by Crippen LogP contribution is -1.75. The van der Waals surface area contributed by atoms with Crippen molar-refractivity contribution < 1.29 is 29.0 Å². The molecule has 0 aromatic carbocycles. The van der Waals surface area contributed by atoms with Gasteiger partial charge in [-0.1, -0.05) is 0 Å². The highest BCUT2D eigenvalue weighted by atomic mass is 31.2. The molecule has 0 atom stereocenters. The molecule has 0 aliphatic heterocycles. The Morgan fingerprint density at radius 2 is 1.33 bits per heavy atom. The molecule has 0 aliphatic rings. The van der Waals surface area contributed by atoms with Crippen molar-refractivity contribution in [2.45, 2.75) is 0 Å². The molecule has 0 heterocycles. The van der Waals surface area contributed by atoms with Gasteiger partial charge >= 0.3 is 15.5 Å². The van der Waals surface area contributed by atoms with Crippen molar-refractivity contribution in [3.8, 4) is 0 Å². The average molecular weight is 177 g/mol. The van der Waals surface area contributed by atoms with E-state index in [2.05, 4.69) is 0 Å². The molecular weight excluding hydrogens is 172 g/mol. The molecule has 0 saturated carbocycles. The molecule has 5 N–H and O–H groups in total. The molecule has 0 aliphatic carbocycles. The lowest BCUT2D eigenvalue weighted by atomic mass is 13.9. The predicted molar refractivity (Wildman–Crippen MR) is 28.0 cm³/mol. The highest BCUT2D eigenvalue weighted by Crippen LogP contribution is 2.49. The van der Waals surface area contributed by atoms with Gasteiger partial charge in [0, 0.05) is 0 Å². The molecule has 0 fully saturated rings. The van der Waals surface area contributed by atoms with E-state index in [9.17, 15) is 4.57 Å². The van der Waals surface area contributed by atoms with Crippen molar-refractivity contribution in [2.75, 3.05) is 0 Å². The molecule has 9 heavy (non-hydrogen) atoms. The fourth-order valence-corrected chi connectivity index (χ4v) is 1.41. The molecule has 0 radical (unpaired) electrons. The van der Waals surface area contributed by atoms with Crippen molar-refractivity contribution in [3.63, 3.8) is 0 Å². The van der Waals surface area contributed by atoms with Gasteiger partial charge in [-0.15, -0.1) is 4.52 Å². The van der Waals surface area contributed by atoms with Crippen LogP contribution >= 0.6 is 15.5 Å². The Bertz CT molecular complexity index is 173. The van der Waals surface area contributed by atoms with E-state index in [-0.39, 0.29) is 0 Å². The SMILES string of the molecule is O=P(O)(O)N=P(O)(O)O. The maximum Gasteiger partial charge on any atom is 0.453 e. The zero-order chi connectivity index (χ0) is 7.71. The van der Waals surface area contributed by atoms with Crippen LogP contribution in [-0.2, 0) is 4.57 Å². The number of hydrogen-bond acceptors (Lipinski definition) is 1. The largest absolute Gasteiger partial charge is 0.453 e. The van der Waals surface area contributed by atoms with E-state index >= 15 is 0 Å². The van der Waals surface area contributed by atoms with Crippen LogP contribution in [-0.4, -0.2) is 24.5 Å². The van der Waals surface area contributed by atoms with Crippen LogP contribution < -0.4 is 0 Å². The summed E-state index contributed by atoms with van der Waals surface area (Å²) in [6.07, 6.45) is 0. The topological polar surface area (TPSA) is 131 Å². The molecule has 9 heteroatoms. The molecule has 0 saturated heterocycles. The van der Waals surface area contributed by atoms with Crippen LogP contribution in [0.2, 0.25) is 0 Å². The summed E-state index contributed by atoms with van der Waals surface area (Å²) in [7, 11) is -9.54. The smallest absolute Gasteiger partial charge is 0.318 e. The first-order valence-electron chi connectivity index (χ1n) is 1.58. The van der Waals surface area contributed by atoms with E-state index in [1.807, 2.05) is 4.52 Å².